The second-order valence-electron chi connectivity index (χ2n) is 3.13. The van der Waals surface area contributed by atoms with Gasteiger partial charge in [0, 0.05) is 18.5 Å². The van der Waals surface area contributed by atoms with Crippen LogP contribution in [0, 0.1) is 5.82 Å². The summed E-state index contributed by atoms with van der Waals surface area (Å²) in [6, 6.07) is 6.55. The van der Waals surface area contributed by atoms with Crippen LogP contribution in [-0.4, -0.2) is 9.59 Å². The molecule has 1 aromatic carbocycles. The van der Waals surface area contributed by atoms with E-state index < -0.39 is 0 Å². The van der Waals surface area contributed by atoms with Crippen molar-refractivity contribution in [1.29, 1.82) is 0 Å². The minimum absolute atomic E-state index is 0.204. The molecule has 0 amide bonds. The first-order chi connectivity index (χ1) is 7.34. The zero-order valence-electron chi connectivity index (χ0n) is 7.98. The number of aromatic nitrogens is 2. The summed E-state index contributed by atoms with van der Waals surface area (Å²) in [4.78, 5) is 0. The topological polar surface area (TPSA) is 37.8 Å². The molecule has 0 bridgehead atoms. The van der Waals surface area contributed by atoms with E-state index in [4.69, 9.17) is 0 Å². The Hall–Kier alpha value is -1.33. The Bertz CT molecular complexity index is 416. The molecule has 0 unspecified atom stereocenters. The third-order valence-electron chi connectivity index (χ3n) is 1.93. The van der Waals surface area contributed by atoms with Crippen molar-refractivity contribution >= 4 is 11.5 Å². The Morgan fingerprint density at radius 1 is 1.33 bits per heavy atom. The van der Waals surface area contributed by atoms with Crippen LogP contribution in [0.25, 0.3) is 0 Å². The van der Waals surface area contributed by atoms with E-state index >= 15 is 0 Å². The number of benzene rings is 1. The van der Waals surface area contributed by atoms with Gasteiger partial charge in [-0.05, 0) is 29.2 Å². The van der Waals surface area contributed by atoms with Gasteiger partial charge in [-0.15, -0.1) is 5.10 Å². The van der Waals surface area contributed by atoms with Crippen molar-refractivity contribution in [2.45, 2.75) is 13.1 Å². The highest BCUT2D eigenvalue weighted by molar-refractivity contribution is 7.03. The molecule has 0 aliphatic heterocycles. The highest BCUT2D eigenvalue weighted by atomic mass is 32.1. The van der Waals surface area contributed by atoms with Gasteiger partial charge in [0.15, 0.2) is 0 Å². The summed E-state index contributed by atoms with van der Waals surface area (Å²) in [5.41, 5.74) is 1.84. The maximum atomic E-state index is 12.8. The lowest BCUT2D eigenvalue weighted by atomic mass is 10.2. The van der Waals surface area contributed by atoms with Gasteiger partial charge < -0.3 is 5.32 Å². The summed E-state index contributed by atoms with van der Waals surface area (Å²) in [7, 11) is 0. The maximum Gasteiger partial charge on any atom is 0.123 e. The molecule has 2 aromatic rings. The fraction of sp³-hybridized carbons (Fsp3) is 0.200. The first-order valence-electron chi connectivity index (χ1n) is 4.56. The van der Waals surface area contributed by atoms with E-state index in [0.717, 1.165) is 11.3 Å². The largest absolute Gasteiger partial charge is 0.307 e. The molecule has 0 saturated heterocycles. The predicted molar refractivity (Wildman–Crippen MR) is 56.9 cm³/mol. The standard InChI is InChI=1S/C10H10FN3S/c11-9-3-1-2-8(4-9)5-12-6-10-7-15-14-13-10/h1-4,7,12H,5-6H2. The summed E-state index contributed by atoms with van der Waals surface area (Å²) in [6.07, 6.45) is 0. The van der Waals surface area contributed by atoms with Gasteiger partial charge in [0.1, 0.15) is 5.82 Å². The lowest BCUT2D eigenvalue weighted by Crippen LogP contribution is -2.12. The molecule has 0 spiro atoms. The first kappa shape index (κ1) is 10.2. The van der Waals surface area contributed by atoms with Crippen LogP contribution in [0.5, 0.6) is 0 Å². The highest BCUT2D eigenvalue weighted by Gasteiger charge is 1.97. The number of rotatable bonds is 4. The molecule has 1 N–H and O–H groups in total. The lowest BCUT2D eigenvalue weighted by molar-refractivity contribution is 0.619. The van der Waals surface area contributed by atoms with E-state index in [1.54, 1.807) is 6.07 Å². The van der Waals surface area contributed by atoms with Gasteiger partial charge in [-0.25, -0.2) is 4.39 Å². The van der Waals surface area contributed by atoms with Crippen molar-refractivity contribution in [3.8, 4) is 0 Å². The molecule has 5 heteroatoms. The van der Waals surface area contributed by atoms with Crippen LogP contribution in [0.1, 0.15) is 11.3 Å². The summed E-state index contributed by atoms with van der Waals surface area (Å²) < 4.78 is 16.6. The maximum absolute atomic E-state index is 12.8. The van der Waals surface area contributed by atoms with E-state index in [2.05, 4.69) is 14.9 Å². The Labute approximate surface area is 91.1 Å². The van der Waals surface area contributed by atoms with Crippen LogP contribution < -0.4 is 5.32 Å². The normalized spacial score (nSPS) is 10.5. The number of nitrogens with one attached hydrogen (secondary N) is 1. The molecule has 3 nitrogen and oxygen atoms in total. The molecule has 0 saturated carbocycles. The molecule has 0 aliphatic carbocycles. The molecule has 0 aliphatic rings. The van der Waals surface area contributed by atoms with Crippen molar-refractivity contribution in [3.63, 3.8) is 0 Å². The molecule has 0 fully saturated rings. The van der Waals surface area contributed by atoms with Crippen LogP contribution in [0.2, 0.25) is 0 Å². The molecule has 1 heterocycles. The zero-order chi connectivity index (χ0) is 10.5. The zero-order valence-corrected chi connectivity index (χ0v) is 8.80. The molecule has 0 radical (unpaired) electrons. The van der Waals surface area contributed by atoms with Gasteiger partial charge in [-0.1, -0.05) is 16.6 Å². The number of nitrogens with zero attached hydrogens (tertiary/aromatic N) is 2. The Morgan fingerprint density at radius 2 is 2.27 bits per heavy atom. The molecule has 1 aromatic heterocycles. The van der Waals surface area contributed by atoms with Crippen molar-refractivity contribution in [3.05, 3.63) is 46.7 Å². The highest BCUT2D eigenvalue weighted by Crippen LogP contribution is 2.03. The summed E-state index contributed by atoms with van der Waals surface area (Å²) in [5, 5.41) is 8.95. The quantitative estimate of drug-likeness (QED) is 0.861. The Kier molecular flexibility index (Phi) is 3.37. The van der Waals surface area contributed by atoms with Crippen LogP contribution >= 0.6 is 11.5 Å². The van der Waals surface area contributed by atoms with Gasteiger partial charge in [-0.3, -0.25) is 0 Å². The average molecular weight is 223 g/mol. The molecule has 78 valence electrons. The molecular weight excluding hydrogens is 213 g/mol. The Balaban J connectivity index is 1.83. The van der Waals surface area contributed by atoms with Gasteiger partial charge in [0.25, 0.3) is 0 Å². The fourth-order valence-corrected chi connectivity index (χ4v) is 1.69. The summed E-state index contributed by atoms with van der Waals surface area (Å²) in [6.45, 7) is 1.29. The minimum Gasteiger partial charge on any atom is -0.307 e. The van der Waals surface area contributed by atoms with E-state index in [9.17, 15) is 4.39 Å². The van der Waals surface area contributed by atoms with Gasteiger partial charge in [-0.2, -0.15) is 0 Å². The smallest absolute Gasteiger partial charge is 0.123 e. The van der Waals surface area contributed by atoms with Crippen LogP contribution in [0.3, 0.4) is 0 Å². The fourth-order valence-electron chi connectivity index (χ4n) is 1.24. The molecular formula is C10H10FN3S. The summed E-state index contributed by atoms with van der Waals surface area (Å²) >= 11 is 1.33. The number of halogens is 1. The Morgan fingerprint density at radius 3 is 3.00 bits per heavy atom. The van der Waals surface area contributed by atoms with E-state index in [1.165, 1.54) is 23.7 Å². The van der Waals surface area contributed by atoms with Crippen LogP contribution in [0.15, 0.2) is 29.6 Å². The number of hydrogen-bond donors (Lipinski definition) is 1. The van der Waals surface area contributed by atoms with Crippen LogP contribution in [0.4, 0.5) is 4.39 Å². The minimum atomic E-state index is -0.204. The number of hydrogen-bond acceptors (Lipinski definition) is 4. The van der Waals surface area contributed by atoms with E-state index in [0.29, 0.717) is 13.1 Å². The monoisotopic (exact) mass is 223 g/mol. The predicted octanol–water partition coefficient (Wildman–Crippen LogP) is 1.97. The van der Waals surface area contributed by atoms with Crippen molar-refractivity contribution in [2.75, 3.05) is 0 Å². The molecule has 2 rings (SSSR count). The van der Waals surface area contributed by atoms with E-state index in [-0.39, 0.29) is 5.82 Å². The second kappa shape index (κ2) is 4.95. The van der Waals surface area contributed by atoms with Gasteiger partial charge >= 0.3 is 0 Å². The average Bonchev–Trinajstić information content (AvgIpc) is 2.71. The van der Waals surface area contributed by atoms with Gasteiger partial charge in [0.2, 0.25) is 0 Å². The second-order valence-corrected chi connectivity index (χ2v) is 3.74. The molecule has 0 atom stereocenters. The van der Waals surface area contributed by atoms with Crippen molar-refractivity contribution < 1.29 is 4.39 Å². The van der Waals surface area contributed by atoms with Crippen LogP contribution in [-0.2, 0) is 13.1 Å². The first-order valence-corrected chi connectivity index (χ1v) is 5.39. The lowest BCUT2D eigenvalue weighted by Gasteiger charge is -2.02. The van der Waals surface area contributed by atoms with Gasteiger partial charge in [0.05, 0.1) is 5.69 Å². The SMILES string of the molecule is Fc1cccc(CNCc2csnn2)c1. The third-order valence-corrected chi connectivity index (χ3v) is 2.48. The van der Waals surface area contributed by atoms with E-state index in [1.807, 2.05) is 11.4 Å². The summed E-state index contributed by atoms with van der Waals surface area (Å²) in [5.74, 6) is -0.204. The third kappa shape index (κ3) is 3.07. The van der Waals surface area contributed by atoms with Crippen molar-refractivity contribution in [1.82, 2.24) is 14.9 Å². The van der Waals surface area contributed by atoms with Crippen molar-refractivity contribution in [2.24, 2.45) is 0 Å². The molecule has 15 heavy (non-hydrogen) atoms.